The van der Waals surface area contributed by atoms with E-state index in [4.69, 9.17) is 0 Å². The van der Waals surface area contributed by atoms with Crippen molar-refractivity contribution >= 4 is 17.0 Å². The third-order valence-corrected chi connectivity index (χ3v) is 3.77. The molecule has 0 N–H and O–H groups in total. The van der Waals surface area contributed by atoms with E-state index in [0.29, 0.717) is 0 Å². The number of hydrogen-bond acceptors (Lipinski definition) is 4. The van der Waals surface area contributed by atoms with Crippen molar-refractivity contribution in [2.45, 2.75) is 26.8 Å². The fourth-order valence-corrected chi connectivity index (χ4v) is 2.56. The molecule has 0 aliphatic heterocycles. The molecule has 2 rings (SSSR count). The molecule has 3 nitrogen and oxygen atoms in total. The maximum atomic E-state index is 4.44. The second-order valence-corrected chi connectivity index (χ2v) is 5.29. The predicted molar refractivity (Wildman–Crippen MR) is 72.6 cm³/mol. The lowest BCUT2D eigenvalue weighted by Crippen LogP contribution is -2.16. The summed E-state index contributed by atoms with van der Waals surface area (Å²) in [6.45, 7) is 5.03. The van der Waals surface area contributed by atoms with Gasteiger partial charge in [0.05, 0.1) is 6.54 Å². The molecule has 0 fully saturated rings. The molecule has 4 heteroatoms. The number of pyridine rings is 1. The van der Waals surface area contributed by atoms with Crippen LogP contribution in [0.2, 0.25) is 0 Å². The van der Waals surface area contributed by atoms with Crippen LogP contribution < -0.4 is 4.90 Å². The first-order chi connectivity index (χ1) is 8.19. The molecule has 0 aliphatic rings. The van der Waals surface area contributed by atoms with Crippen molar-refractivity contribution in [3.63, 3.8) is 0 Å². The van der Waals surface area contributed by atoms with Gasteiger partial charge in [0.15, 0.2) is 0 Å². The van der Waals surface area contributed by atoms with Crippen LogP contribution in [-0.2, 0) is 13.0 Å². The van der Waals surface area contributed by atoms with Gasteiger partial charge in [0.25, 0.3) is 0 Å². The number of thiazole rings is 1. The van der Waals surface area contributed by atoms with Gasteiger partial charge in [-0.25, -0.2) is 4.98 Å². The third-order valence-electron chi connectivity index (χ3n) is 2.64. The smallest absolute Gasteiger partial charge is 0.112 e. The van der Waals surface area contributed by atoms with E-state index in [9.17, 15) is 0 Å². The maximum absolute atomic E-state index is 4.44. The summed E-state index contributed by atoms with van der Waals surface area (Å²) < 4.78 is 0. The van der Waals surface area contributed by atoms with Crippen LogP contribution in [0.25, 0.3) is 0 Å². The molecule has 90 valence electrons. The fraction of sp³-hybridized carbons (Fsp3) is 0.385. The number of aromatic nitrogens is 2. The Morgan fingerprint density at radius 1 is 1.35 bits per heavy atom. The SMILES string of the molecule is CCc1cnc(CN(C)c2ccnc(C)c2)s1. The molecule has 0 aliphatic carbocycles. The van der Waals surface area contributed by atoms with Crippen LogP contribution in [0.5, 0.6) is 0 Å². The number of rotatable bonds is 4. The fourth-order valence-electron chi connectivity index (χ4n) is 1.65. The highest BCUT2D eigenvalue weighted by Crippen LogP contribution is 2.19. The van der Waals surface area contributed by atoms with Gasteiger partial charge in [0.1, 0.15) is 5.01 Å². The Morgan fingerprint density at radius 3 is 2.82 bits per heavy atom. The van der Waals surface area contributed by atoms with E-state index in [1.807, 2.05) is 25.4 Å². The molecule has 0 spiro atoms. The molecule has 0 aromatic carbocycles. The lowest BCUT2D eigenvalue weighted by molar-refractivity contribution is 0.906. The van der Waals surface area contributed by atoms with E-state index in [-0.39, 0.29) is 0 Å². The molecular weight excluding hydrogens is 230 g/mol. The third kappa shape index (κ3) is 3.03. The monoisotopic (exact) mass is 247 g/mol. The standard InChI is InChI=1S/C13H17N3S/c1-4-12-8-15-13(17-12)9-16(3)11-5-6-14-10(2)7-11/h5-8H,4,9H2,1-3H3. The van der Waals surface area contributed by atoms with Crippen molar-refractivity contribution in [2.24, 2.45) is 0 Å². The first kappa shape index (κ1) is 12.0. The van der Waals surface area contributed by atoms with Gasteiger partial charge in [-0.15, -0.1) is 11.3 Å². The molecule has 0 atom stereocenters. The van der Waals surface area contributed by atoms with E-state index >= 15 is 0 Å². The number of aryl methyl sites for hydroxylation is 2. The van der Waals surface area contributed by atoms with Gasteiger partial charge in [-0.05, 0) is 25.5 Å². The lowest BCUT2D eigenvalue weighted by atomic mass is 10.3. The van der Waals surface area contributed by atoms with Gasteiger partial charge in [0.2, 0.25) is 0 Å². The van der Waals surface area contributed by atoms with Gasteiger partial charge in [0, 0.05) is 35.7 Å². The van der Waals surface area contributed by atoms with Crippen LogP contribution in [0, 0.1) is 6.92 Å². The molecule has 2 aromatic heterocycles. The van der Waals surface area contributed by atoms with Crippen LogP contribution in [0.4, 0.5) is 5.69 Å². The summed E-state index contributed by atoms with van der Waals surface area (Å²) >= 11 is 1.79. The average Bonchev–Trinajstić information content (AvgIpc) is 2.77. The van der Waals surface area contributed by atoms with Crippen molar-refractivity contribution in [1.29, 1.82) is 0 Å². The Morgan fingerprint density at radius 2 is 2.18 bits per heavy atom. The van der Waals surface area contributed by atoms with E-state index in [1.165, 1.54) is 15.6 Å². The van der Waals surface area contributed by atoms with E-state index in [1.54, 1.807) is 11.3 Å². The first-order valence-corrected chi connectivity index (χ1v) is 6.58. The molecule has 0 saturated heterocycles. The zero-order valence-corrected chi connectivity index (χ0v) is 11.3. The predicted octanol–water partition coefficient (Wildman–Crippen LogP) is 3.05. The Bertz CT molecular complexity index is 493. The lowest BCUT2D eigenvalue weighted by Gasteiger charge is -2.17. The van der Waals surface area contributed by atoms with Crippen LogP contribution in [0.1, 0.15) is 22.5 Å². The van der Waals surface area contributed by atoms with Crippen LogP contribution in [0.15, 0.2) is 24.5 Å². The van der Waals surface area contributed by atoms with Crippen molar-refractivity contribution in [3.05, 3.63) is 40.1 Å². The van der Waals surface area contributed by atoms with E-state index in [2.05, 4.69) is 34.9 Å². The van der Waals surface area contributed by atoms with E-state index in [0.717, 1.165) is 18.7 Å². The zero-order chi connectivity index (χ0) is 12.3. The Hall–Kier alpha value is -1.42. The van der Waals surface area contributed by atoms with Crippen LogP contribution in [0.3, 0.4) is 0 Å². The van der Waals surface area contributed by atoms with Gasteiger partial charge >= 0.3 is 0 Å². The first-order valence-electron chi connectivity index (χ1n) is 5.76. The average molecular weight is 247 g/mol. The summed E-state index contributed by atoms with van der Waals surface area (Å²) in [5.41, 5.74) is 2.23. The minimum Gasteiger partial charge on any atom is -0.368 e. The van der Waals surface area contributed by atoms with Gasteiger partial charge in [-0.2, -0.15) is 0 Å². The minimum atomic E-state index is 0.855. The Labute approximate surface area is 106 Å². The molecule has 0 unspecified atom stereocenters. The van der Waals surface area contributed by atoms with Crippen LogP contribution >= 0.6 is 11.3 Å². The summed E-state index contributed by atoms with van der Waals surface area (Å²) in [6.07, 6.45) is 4.89. The molecule has 0 bridgehead atoms. The van der Waals surface area contributed by atoms with Crippen molar-refractivity contribution < 1.29 is 0 Å². The number of hydrogen-bond donors (Lipinski definition) is 0. The van der Waals surface area contributed by atoms with Crippen molar-refractivity contribution in [2.75, 3.05) is 11.9 Å². The summed E-state index contributed by atoms with van der Waals surface area (Å²) in [4.78, 5) is 12.2. The normalized spacial score (nSPS) is 10.5. The van der Waals surface area contributed by atoms with Gasteiger partial charge in [-0.3, -0.25) is 4.98 Å². The van der Waals surface area contributed by atoms with Crippen molar-refractivity contribution in [1.82, 2.24) is 9.97 Å². The Balaban J connectivity index is 2.08. The number of anilines is 1. The van der Waals surface area contributed by atoms with E-state index < -0.39 is 0 Å². The maximum Gasteiger partial charge on any atom is 0.112 e. The summed E-state index contributed by atoms with van der Waals surface area (Å²) in [7, 11) is 2.09. The molecule has 0 radical (unpaired) electrons. The minimum absolute atomic E-state index is 0.855. The highest BCUT2D eigenvalue weighted by atomic mass is 32.1. The topological polar surface area (TPSA) is 29.0 Å². The highest BCUT2D eigenvalue weighted by molar-refractivity contribution is 7.11. The highest BCUT2D eigenvalue weighted by Gasteiger charge is 2.06. The van der Waals surface area contributed by atoms with Crippen LogP contribution in [-0.4, -0.2) is 17.0 Å². The molecule has 2 aromatic rings. The second kappa shape index (κ2) is 5.27. The molecule has 17 heavy (non-hydrogen) atoms. The number of nitrogens with zero attached hydrogens (tertiary/aromatic N) is 3. The molecule has 2 heterocycles. The summed E-state index contributed by atoms with van der Waals surface area (Å²) in [5.74, 6) is 0. The zero-order valence-electron chi connectivity index (χ0n) is 10.5. The van der Waals surface area contributed by atoms with Gasteiger partial charge in [-0.1, -0.05) is 6.92 Å². The summed E-state index contributed by atoms with van der Waals surface area (Å²) in [6, 6.07) is 4.12. The van der Waals surface area contributed by atoms with Crippen molar-refractivity contribution in [3.8, 4) is 0 Å². The Kier molecular flexibility index (Phi) is 3.74. The molecule has 0 amide bonds. The second-order valence-electron chi connectivity index (χ2n) is 4.09. The molecule has 0 saturated carbocycles. The van der Waals surface area contributed by atoms with Gasteiger partial charge < -0.3 is 4.90 Å². The quantitative estimate of drug-likeness (QED) is 0.831. The summed E-state index contributed by atoms with van der Waals surface area (Å²) in [5, 5.41) is 1.17. The largest absolute Gasteiger partial charge is 0.368 e. The molecular formula is C13H17N3S.